The van der Waals surface area contributed by atoms with E-state index in [1.165, 1.54) is 36.4 Å². The Morgan fingerprint density at radius 1 is 0.370 bits per heavy atom. The van der Waals surface area contributed by atoms with Gasteiger partial charge in [0.15, 0.2) is 11.5 Å². The molecule has 0 aliphatic carbocycles. The minimum Gasteiger partial charge on any atom is -0.744 e. The molecule has 20 nitrogen and oxygen atoms in total. The molecular weight excluding hydrogens is 949 g/mol. The van der Waals surface area contributed by atoms with Crippen LogP contribution in [-0.4, -0.2) is 62.1 Å². The van der Waals surface area contributed by atoms with E-state index in [1.807, 2.05) is 0 Å². The standard InChI is InChI=1S/C34H26N6O14S4.15Li/c35-21-7-3-19-11-29(57(49,50)51)31(33(41)25(19)13-21)39-37-23-9-5-17(27(15-23)55(43,44)45)1-2-18-6-10-24(16-28(18)56(46,47)48)38-40-32-30(58(52,53)54)12-20-4-8-22(36)14-26(20)34(32)42;;;;;;;;;;;;;;;/h1-16,41-42H,35-36H2,(H,43,44,45)(H,46,47,48)(H,49,50,51)(H,52,53,54);;;;;;;;;;;;;;;/q;15*+1/p-4. The van der Waals surface area contributed by atoms with E-state index in [2.05, 4.69) is 20.5 Å². The number of nitrogen functional groups attached to an aromatic ring is 2. The predicted molar refractivity (Wildman–Crippen MR) is 202 cm³/mol. The fraction of sp³-hybridized carbons (Fsp3) is 0. The van der Waals surface area contributed by atoms with Crippen LogP contribution in [0.15, 0.2) is 125 Å². The van der Waals surface area contributed by atoms with Crippen molar-refractivity contribution in [3.8, 4) is 11.5 Å². The third-order valence-corrected chi connectivity index (χ3v) is 11.7. The number of hydrogen-bond acceptors (Lipinski definition) is 20. The van der Waals surface area contributed by atoms with Gasteiger partial charge in [-0.15, -0.1) is 10.2 Å². The molecule has 6 aromatic carbocycles. The molecular formula is C34H22Li15N6O14S4+11. The molecule has 0 radical (unpaired) electrons. The zero-order valence-corrected chi connectivity index (χ0v) is 46.9. The third-order valence-electron chi connectivity index (χ3n) is 8.20. The molecule has 6 aromatic rings. The molecule has 0 aromatic heterocycles. The van der Waals surface area contributed by atoms with Crippen molar-refractivity contribution in [2.45, 2.75) is 19.6 Å². The summed E-state index contributed by atoms with van der Waals surface area (Å²) in [6.07, 6.45) is 1.89. The molecule has 0 saturated heterocycles. The average molecular weight is 971 g/mol. The Bertz CT molecular complexity index is 3120. The van der Waals surface area contributed by atoms with Crippen molar-refractivity contribution < 1.29 is 345 Å². The van der Waals surface area contributed by atoms with Crippen LogP contribution in [0.4, 0.5) is 34.1 Å². The van der Waals surface area contributed by atoms with E-state index in [4.69, 9.17) is 11.5 Å². The number of benzene rings is 6. The van der Waals surface area contributed by atoms with Crippen molar-refractivity contribution in [3.05, 3.63) is 96.1 Å². The summed E-state index contributed by atoms with van der Waals surface area (Å²) in [5.41, 5.74) is 8.69. The Morgan fingerprint density at radius 3 is 0.904 bits per heavy atom. The Morgan fingerprint density at radius 2 is 0.644 bits per heavy atom. The van der Waals surface area contributed by atoms with Crippen molar-refractivity contribution in [1.82, 2.24) is 0 Å². The van der Waals surface area contributed by atoms with Crippen LogP contribution in [0.1, 0.15) is 11.1 Å². The first-order chi connectivity index (χ1) is 26.9. The van der Waals surface area contributed by atoms with Gasteiger partial charge >= 0.3 is 283 Å². The summed E-state index contributed by atoms with van der Waals surface area (Å²) in [4.78, 5) is -3.86. The fourth-order valence-corrected chi connectivity index (χ4v) is 8.24. The van der Waals surface area contributed by atoms with Crippen LogP contribution in [0.25, 0.3) is 33.7 Å². The van der Waals surface area contributed by atoms with Crippen LogP contribution < -0.4 is 294 Å². The molecule has 39 heteroatoms. The number of azo groups is 2. The number of anilines is 2. The average Bonchev–Trinajstić information content (AvgIpc) is 3.12. The maximum atomic E-state index is 12.3. The topological polar surface area (TPSA) is 371 Å². The molecule has 0 atom stereocenters. The number of rotatable bonds is 10. The van der Waals surface area contributed by atoms with Crippen LogP contribution in [0.5, 0.6) is 11.5 Å². The second kappa shape index (κ2) is 39.9. The SMILES string of the molecule is Nc1ccc2cc(S(=O)(=O)[O-])c(N=Nc3ccc(C=Cc4ccc(N=Nc5c(S(=O)(=O)[O-])cc6ccc(N)cc6c5O)cc4S(=O)(=O)[O-])c(S(=O)(=O)[O-])c3)c(O)c2c1.[Li+].[Li+].[Li+].[Li+].[Li+].[Li+].[Li+].[Li+].[Li+].[Li+].[Li+].[Li+].[Li+].[Li+].[Li+]. The van der Waals surface area contributed by atoms with Crippen molar-refractivity contribution in [2.75, 3.05) is 11.5 Å². The molecule has 0 heterocycles. The largest absolute Gasteiger partial charge is 1.00 e. The van der Waals surface area contributed by atoms with Crippen molar-refractivity contribution >= 4 is 108 Å². The molecule has 0 spiro atoms. The minimum atomic E-state index is -5.34. The minimum absolute atomic E-state index is 0. The van der Waals surface area contributed by atoms with E-state index in [9.17, 15) is 62.1 Å². The van der Waals surface area contributed by atoms with Crippen LogP contribution in [0.2, 0.25) is 0 Å². The summed E-state index contributed by atoms with van der Waals surface area (Å²) < 4.78 is 146. The summed E-state index contributed by atoms with van der Waals surface area (Å²) in [7, 11) is -21.2. The summed E-state index contributed by atoms with van der Waals surface area (Å²) in [6.45, 7) is 0. The van der Waals surface area contributed by atoms with E-state index in [-0.39, 0.29) is 338 Å². The summed E-state index contributed by atoms with van der Waals surface area (Å²) in [5, 5.41) is 36.5. The monoisotopic (exact) mass is 971 g/mol. The first-order valence-electron chi connectivity index (χ1n) is 15.7. The fourth-order valence-electron chi connectivity index (χ4n) is 5.57. The number of phenols is 2. The van der Waals surface area contributed by atoms with Gasteiger partial charge in [0, 0.05) is 22.1 Å². The summed E-state index contributed by atoms with van der Waals surface area (Å²) >= 11 is 0. The number of nitrogens with zero attached hydrogens (tertiary/aromatic N) is 4. The van der Waals surface area contributed by atoms with Crippen LogP contribution in [0, 0.1) is 0 Å². The zero-order chi connectivity index (χ0) is 42.5. The van der Waals surface area contributed by atoms with Crippen molar-refractivity contribution in [3.63, 3.8) is 0 Å². The first kappa shape index (κ1) is 97.7. The Balaban J connectivity index is -0.000000331. The zero-order valence-electron chi connectivity index (χ0n) is 43.6. The van der Waals surface area contributed by atoms with Gasteiger partial charge in [-0.2, -0.15) is 10.2 Å². The summed E-state index contributed by atoms with van der Waals surface area (Å²) in [5.74, 6) is -1.60. The molecule has 6 rings (SSSR count). The van der Waals surface area contributed by atoms with Crippen LogP contribution >= 0.6 is 0 Å². The van der Waals surface area contributed by atoms with E-state index >= 15 is 0 Å². The third kappa shape index (κ3) is 24.9. The van der Waals surface area contributed by atoms with Crippen LogP contribution in [0.3, 0.4) is 0 Å². The molecule has 0 fully saturated rings. The molecule has 6 N–H and O–H groups in total. The summed E-state index contributed by atoms with van der Waals surface area (Å²) in [6, 6.07) is 15.4. The maximum Gasteiger partial charge on any atom is 1.00 e. The predicted octanol–water partition coefficient (Wildman–Crippen LogP) is -39.8. The van der Waals surface area contributed by atoms with E-state index in [0.29, 0.717) is 12.1 Å². The van der Waals surface area contributed by atoms with Crippen molar-refractivity contribution in [1.29, 1.82) is 0 Å². The second-order valence-electron chi connectivity index (χ2n) is 12.1. The van der Waals surface area contributed by atoms with E-state index in [1.54, 1.807) is 0 Å². The van der Waals surface area contributed by atoms with E-state index in [0.717, 1.165) is 48.6 Å². The van der Waals surface area contributed by atoms with Gasteiger partial charge < -0.3 is 39.9 Å². The maximum absolute atomic E-state index is 12.3. The van der Waals surface area contributed by atoms with Gasteiger partial charge in [0.05, 0.1) is 31.0 Å². The molecule has 0 amide bonds. The Labute approximate surface area is 602 Å². The number of phenolic OH excluding ortho intramolecular Hbond substituents is 2. The molecule has 73 heavy (non-hydrogen) atoms. The van der Waals surface area contributed by atoms with Gasteiger partial charge in [0.1, 0.15) is 51.8 Å². The van der Waals surface area contributed by atoms with E-state index < -0.39 is 82.9 Å². The molecule has 0 aliphatic heterocycles. The molecule has 0 aliphatic rings. The van der Waals surface area contributed by atoms with Gasteiger partial charge in [0.25, 0.3) is 0 Å². The number of hydrogen-bond donors (Lipinski definition) is 4. The second-order valence-corrected chi connectivity index (χ2v) is 17.5. The normalized spacial score (nSPS) is 10.4. The van der Waals surface area contributed by atoms with Crippen molar-refractivity contribution in [2.24, 2.45) is 20.5 Å². The van der Waals surface area contributed by atoms with Gasteiger partial charge in [-0.25, -0.2) is 33.7 Å². The van der Waals surface area contributed by atoms with Gasteiger partial charge in [-0.1, -0.05) is 36.4 Å². The number of aromatic hydroxyl groups is 2. The Kier molecular flexibility index (Phi) is 53.4. The molecule has 0 bridgehead atoms. The van der Waals surface area contributed by atoms with Gasteiger partial charge in [-0.05, 0) is 82.6 Å². The smallest absolute Gasteiger partial charge is 0.744 e. The van der Waals surface area contributed by atoms with Crippen LogP contribution in [-0.2, 0) is 40.5 Å². The quantitative estimate of drug-likeness (QED) is 0.0326. The number of nitrogens with two attached hydrogens (primary N) is 2. The van der Waals surface area contributed by atoms with Gasteiger partial charge in [-0.3, -0.25) is 0 Å². The molecule has 0 unspecified atom stereocenters. The van der Waals surface area contributed by atoms with Gasteiger partial charge in [0.2, 0.25) is 0 Å². The molecule has 0 saturated carbocycles. The Hall–Kier alpha value is 2.58. The number of fused-ring (bicyclic) bond motifs is 2. The molecule has 300 valence electrons. The first-order valence-corrected chi connectivity index (χ1v) is 21.3.